The van der Waals surface area contributed by atoms with Gasteiger partial charge in [0.2, 0.25) is 0 Å². The zero-order valence-electron chi connectivity index (χ0n) is 10.9. The molecule has 9 heteroatoms. The van der Waals surface area contributed by atoms with Crippen LogP contribution in [0.5, 0.6) is 0 Å². The Bertz CT molecular complexity index is 766. The molecular formula is C12H12BrFN4O2S. The minimum atomic E-state index is -3.85. The van der Waals surface area contributed by atoms with Gasteiger partial charge in [-0.2, -0.15) is 0 Å². The molecule has 0 spiro atoms. The SMILES string of the molecule is Cc1cc(Br)c(F)cc1NS(=O)(=O)c1ccc(NN)nc1. The van der Waals surface area contributed by atoms with Crippen LogP contribution in [0.3, 0.4) is 0 Å². The number of sulfonamides is 1. The monoisotopic (exact) mass is 374 g/mol. The van der Waals surface area contributed by atoms with E-state index in [-0.39, 0.29) is 15.1 Å². The highest BCUT2D eigenvalue weighted by Gasteiger charge is 2.17. The molecule has 0 saturated heterocycles. The normalized spacial score (nSPS) is 11.2. The van der Waals surface area contributed by atoms with Gasteiger partial charge in [0.05, 0.1) is 10.2 Å². The maximum absolute atomic E-state index is 13.5. The van der Waals surface area contributed by atoms with Crippen molar-refractivity contribution < 1.29 is 12.8 Å². The van der Waals surface area contributed by atoms with Crippen molar-refractivity contribution in [3.8, 4) is 0 Å². The molecule has 0 aliphatic heterocycles. The summed E-state index contributed by atoms with van der Waals surface area (Å²) in [4.78, 5) is 3.77. The summed E-state index contributed by atoms with van der Waals surface area (Å²) in [6, 6.07) is 5.37. The molecule has 0 atom stereocenters. The smallest absolute Gasteiger partial charge is 0.263 e. The first-order chi connectivity index (χ1) is 9.83. The molecule has 2 rings (SSSR count). The van der Waals surface area contributed by atoms with Gasteiger partial charge < -0.3 is 5.43 Å². The van der Waals surface area contributed by atoms with Crippen molar-refractivity contribution in [2.45, 2.75) is 11.8 Å². The summed E-state index contributed by atoms with van der Waals surface area (Å²) in [6.07, 6.45) is 1.15. The van der Waals surface area contributed by atoms with E-state index in [4.69, 9.17) is 5.84 Å². The number of nitrogens with zero attached hydrogens (tertiary/aromatic N) is 1. The Balaban J connectivity index is 2.34. The summed E-state index contributed by atoms with van der Waals surface area (Å²) in [5, 5.41) is 0. The Labute approximate surface area is 129 Å². The molecular weight excluding hydrogens is 363 g/mol. The first kappa shape index (κ1) is 15.7. The summed E-state index contributed by atoms with van der Waals surface area (Å²) in [5.41, 5.74) is 3.04. The van der Waals surface area contributed by atoms with Gasteiger partial charge in [-0.15, -0.1) is 0 Å². The van der Waals surface area contributed by atoms with Crippen molar-refractivity contribution in [2.75, 3.05) is 10.1 Å². The van der Waals surface area contributed by atoms with Gasteiger partial charge in [-0.3, -0.25) is 4.72 Å². The molecule has 0 fully saturated rings. The standard InChI is InChI=1S/C12H12BrFN4O2S/c1-7-4-9(13)10(14)5-11(7)18-21(19,20)8-2-3-12(17-15)16-6-8/h2-6,18H,15H2,1H3,(H,16,17). The van der Waals surface area contributed by atoms with Crippen LogP contribution in [0.15, 0.2) is 39.8 Å². The van der Waals surface area contributed by atoms with Crippen molar-refractivity contribution in [3.05, 3.63) is 46.3 Å². The topological polar surface area (TPSA) is 97.1 Å². The number of hydrogen-bond donors (Lipinski definition) is 3. The number of aromatic nitrogens is 1. The third-order valence-corrected chi connectivity index (χ3v) is 4.66. The van der Waals surface area contributed by atoms with E-state index in [2.05, 4.69) is 31.1 Å². The third kappa shape index (κ3) is 3.49. The lowest BCUT2D eigenvalue weighted by Gasteiger charge is -2.11. The fraction of sp³-hybridized carbons (Fsp3) is 0.0833. The van der Waals surface area contributed by atoms with Crippen molar-refractivity contribution in [3.63, 3.8) is 0 Å². The molecule has 4 N–H and O–H groups in total. The fourth-order valence-corrected chi connectivity index (χ4v) is 3.11. The summed E-state index contributed by atoms with van der Waals surface area (Å²) >= 11 is 3.04. The molecule has 6 nitrogen and oxygen atoms in total. The van der Waals surface area contributed by atoms with E-state index in [0.29, 0.717) is 11.4 Å². The van der Waals surface area contributed by atoms with Crippen LogP contribution in [-0.4, -0.2) is 13.4 Å². The Morgan fingerprint density at radius 2 is 2.05 bits per heavy atom. The van der Waals surface area contributed by atoms with Crippen LogP contribution in [0.1, 0.15) is 5.56 Å². The number of aryl methyl sites for hydroxylation is 1. The Kier molecular flexibility index (Phi) is 4.45. The number of rotatable bonds is 4. The van der Waals surface area contributed by atoms with E-state index in [9.17, 15) is 12.8 Å². The number of halogens is 2. The average molecular weight is 375 g/mol. The highest BCUT2D eigenvalue weighted by molar-refractivity contribution is 9.10. The van der Waals surface area contributed by atoms with E-state index < -0.39 is 15.8 Å². The highest BCUT2D eigenvalue weighted by Crippen LogP contribution is 2.26. The molecule has 0 saturated carbocycles. The number of anilines is 2. The molecule has 2 aromatic rings. The van der Waals surface area contributed by atoms with Crippen molar-refractivity contribution in [2.24, 2.45) is 5.84 Å². The maximum atomic E-state index is 13.5. The molecule has 0 unspecified atom stereocenters. The second-order valence-corrected chi connectivity index (χ2v) is 6.75. The number of hydrogen-bond acceptors (Lipinski definition) is 5. The molecule has 0 aliphatic rings. The number of nitrogens with one attached hydrogen (secondary N) is 2. The van der Waals surface area contributed by atoms with Gasteiger partial charge in [0, 0.05) is 6.20 Å². The predicted octanol–water partition coefficient (Wildman–Crippen LogP) is 2.38. The number of pyridine rings is 1. The van der Waals surface area contributed by atoms with Crippen LogP contribution in [0, 0.1) is 12.7 Å². The number of nitrogen functional groups attached to an aromatic ring is 1. The minimum absolute atomic E-state index is 0.0516. The minimum Gasteiger partial charge on any atom is -0.308 e. The fourth-order valence-electron chi connectivity index (χ4n) is 1.58. The number of hydrazine groups is 1. The third-order valence-electron chi connectivity index (χ3n) is 2.71. The summed E-state index contributed by atoms with van der Waals surface area (Å²) < 4.78 is 40.5. The lowest BCUT2D eigenvalue weighted by molar-refractivity contribution is 0.600. The molecule has 0 aliphatic carbocycles. The highest BCUT2D eigenvalue weighted by atomic mass is 79.9. The number of benzene rings is 1. The van der Waals surface area contributed by atoms with Crippen LogP contribution in [-0.2, 0) is 10.0 Å². The van der Waals surface area contributed by atoms with Gasteiger partial charge in [0.25, 0.3) is 10.0 Å². The van der Waals surface area contributed by atoms with Gasteiger partial charge >= 0.3 is 0 Å². The number of nitrogens with two attached hydrogens (primary N) is 1. The summed E-state index contributed by atoms with van der Waals surface area (Å²) in [5.74, 6) is 4.94. The van der Waals surface area contributed by atoms with E-state index in [0.717, 1.165) is 12.3 Å². The lowest BCUT2D eigenvalue weighted by Crippen LogP contribution is -2.15. The first-order valence-electron chi connectivity index (χ1n) is 5.74. The Hall–Kier alpha value is -1.71. The molecule has 1 heterocycles. The van der Waals surface area contributed by atoms with Crippen molar-refractivity contribution in [1.29, 1.82) is 0 Å². The van der Waals surface area contributed by atoms with Gasteiger partial charge in [-0.25, -0.2) is 23.6 Å². The summed E-state index contributed by atoms with van der Waals surface area (Å²) in [6.45, 7) is 1.67. The summed E-state index contributed by atoms with van der Waals surface area (Å²) in [7, 11) is -3.85. The van der Waals surface area contributed by atoms with Gasteiger partial charge in [-0.1, -0.05) is 0 Å². The van der Waals surface area contributed by atoms with Crippen LogP contribution in [0.2, 0.25) is 0 Å². The molecule has 112 valence electrons. The Morgan fingerprint density at radius 3 is 2.62 bits per heavy atom. The van der Waals surface area contributed by atoms with Crippen LogP contribution in [0.4, 0.5) is 15.9 Å². The molecule has 0 amide bonds. The van der Waals surface area contributed by atoms with E-state index in [1.807, 2.05) is 0 Å². The second kappa shape index (κ2) is 5.96. The molecule has 1 aromatic heterocycles. The van der Waals surface area contributed by atoms with E-state index >= 15 is 0 Å². The van der Waals surface area contributed by atoms with Crippen molar-refractivity contribution >= 4 is 37.5 Å². The zero-order chi connectivity index (χ0) is 15.6. The molecule has 21 heavy (non-hydrogen) atoms. The largest absolute Gasteiger partial charge is 0.308 e. The lowest BCUT2D eigenvalue weighted by atomic mass is 10.2. The van der Waals surface area contributed by atoms with E-state index in [1.54, 1.807) is 6.92 Å². The van der Waals surface area contributed by atoms with Gasteiger partial charge in [0.15, 0.2) is 0 Å². The van der Waals surface area contributed by atoms with Gasteiger partial charge in [0.1, 0.15) is 16.5 Å². The molecule has 0 bridgehead atoms. The first-order valence-corrected chi connectivity index (χ1v) is 8.02. The predicted molar refractivity (Wildman–Crippen MR) is 81.7 cm³/mol. The quantitative estimate of drug-likeness (QED) is 0.563. The van der Waals surface area contributed by atoms with Crippen LogP contribution >= 0.6 is 15.9 Å². The Morgan fingerprint density at radius 1 is 1.33 bits per heavy atom. The van der Waals surface area contributed by atoms with Crippen molar-refractivity contribution in [1.82, 2.24) is 4.98 Å². The molecule has 0 radical (unpaired) electrons. The average Bonchev–Trinajstić information content (AvgIpc) is 2.44. The van der Waals surface area contributed by atoms with Gasteiger partial charge in [-0.05, 0) is 52.7 Å². The van der Waals surface area contributed by atoms with Crippen LogP contribution in [0.25, 0.3) is 0 Å². The van der Waals surface area contributed by atoms with E-state index in [1.165, 1.54) is 18.2 Å². The molecule has 1 aromatic carbocycles. The maximum Gasteiger partial charge on any atom is 0.263 e. The zero-order valence-corrected chi connectivity index (χ0v) is 13.3. The van der Waals surface area contributed by atoms with Crippen LogP contribution < -0.4 is 16.0 Å². The second-order valence-electron chi connectivity index (χ2n) is 4.21.